The number of carboxylic acid groups (broad SMARTS) is 1. The molecule has 0 radical (unpaired) electrons. The van der Waals surface area contributed by atoms with Gasteiger partial charge in [0.15, 0.2) is 0 Å². The van der Waals surface area contributed by atoms with Gasteiger partial charge in [-0.3, -0.25) is 0 Å². The minimum absolute atomic E-state index is 0.456. The largest absolute Gasteiger partial charge is 0.479 e. The molecule has 1 saturated carbocycles. The molecule has 0 saturated heterocycles. The standard InChI is InChI=1S/C10H15N3O2/c1-7(2)5-8-12-11-6-13(8)10(3-4-10)9(14)15/h6-7H,3-5H2,1-2H3,(H,14,15). The van der Waals surface area contributed by atoms with Crippen LogP contribution in [-0.2, 0) is 16.8 Å². The van der Waals surface area contributed by atoms with Gasteiger partial charge in [-0.25, -0.2) is 4.79 Å². The first-order chi connectivity index (χ1) is 7.06. The minimum Gasteiger partial charge on any atom is -0.479 e. The third-order valence-corrected chi connectivity index (χ3v) is 2.79. The van der Waals surface area contributed by atoms with Crippen LogP contribution < -0.4 is 0 Å². The van der Waals surface area contributed by atoms with Crippen LogP contribution in [0.3, 0.4) is 0 Å². The lowest BCUT2D eigenvalue weighted by Crippen LogP contribution is -2.28. The van der Waals surface area contributed by atoms with Crippen LogP contribution in [-0.4, -0.2) is 25.8 Å². The van der Waals surface area contributed by atoms with Gasteiger partial charge in [0.2, 0.25) is 0 Å². The average Bonchev–Trinajstić information content (AvgIpc) is 2.83. The number of carboxylic acids is 1. The summed E-state index contributed by atoms with van der Waals surface area (Å²) in [5.74, 6) is 0.467. The molecule has 1 aromatic heterocycles. The maximum absolute atomic E-state index is 11.1. The highest BCUT2D eigenvalue weighted by Crippen LogP contribution is 2.44. The van der Waals surface area contributed by atoms with E-state index in [4.69, 9.17) is 5.11 Å². The van der Waals surface area contributed by atoms with Crippen LogP contribution >= 0.6 is 0 Å². The van der Waals surface area contributed by atoms with Crippen LogP contribution in [0.5, 0.6) is 0 Å². The molecule has 0 spiro atoms. The highest BCUT2D eigenvalue weighted by atomic mass is 16.4. The van der Waals surface area contributed by atoms with Crippen molar-refractivity contribution in [3.05, 3.63) is 12.2 Å². The van der Waals surface area contributed by atoms with Crippen molar-refractivity contribution in [1.29, 1.82) is 0 Å². The van der Waals surface area contributed by atoms with Gasteiger partial charge in [-0.2, -0.15) is 0 Å². The molecule has 2 rings (SSSR count). The molecular weight excluding hydrogens is 194 g/mol. The Morgan fingerprint density at radius 2 is 2.33 bits per heavy atom. The number of hydrogen-bond donors (Lipinski definition) is 1. The Morgan fingerprint density at radius 3 is 2.80 bits per heavy atom. The van der Waals surface area contributed by atoms with Crippen LogP contribution in [0, 0.1) is 5.92 Å². The zero-order valence-electron chi connectivity index (χ0n) is 8.97. The van der Waals surface area contributed by atoms with Gasteiger partial charge in [-0.15, -0.1) is 10.2 Å². The van der Waals surface area contributed by atoms with Gasteiger partial charge < -0.3 is 9.67 Å². The summed E-state index contributed by atoms with van der Waals surface area (Å²) in [4.78, 5) is 11.1. The summed E-state index contributed by atoms with van der Waals surface area (Å²) in [6, 6.07) is 0. The topological polar surface area (TPSA) is 68.0 Å². The van der Waals surface area contributed by atoms with Crippen LogP contribution in [0.1, 0.15) is 32.5 Å². The van der Waals surface area contributed by atoms with Crippen molar-refractivity contribution in [2.24, 2.45) is 5.92 Å². The number of aliphatic carboxylic acids is 1. The predicted molar refractivity (Wildman–Crippen MR) is 53.4 cm³/mol. The molecule has 0 amide bonds. The van der Waals surface area contributed by atoms with Crippen molar-refractivity contribution in [2.75, 3.05) is 0 Å². The predicted octanol–water partition coefficient (Wildman–Crippen LogP) is 1.05. The van der Waals surface area contributed by atoms with Crippen molar-refractivity contribution in [2.45, 2.75) is 38.6 Å². The monoisotopic (exact) mass is 209 g/mol. The third-order valence-electron chi connectivity index (χ3n) is 2.79. The van der Waals surface area contributed by atoms with Crippen molar-refractivity contribution >= 4 is 5.97 Å². The quantitative estimate of drug-likeness (QED) is 0.804. The number of aromatic nitrogens is 3. The summed E-state index contributed by atoms with van der Waals surface area (Å²) in [5.41, 5.74) is -0.742. The molecule has 1 aliphatic carbocycles. The molecule has 0 aliphatic heterocycles. The summed E-state index contributed by atoms with van der Waals surface area (Å²) >= 11 is 0. The van der Waals surface area contributed by atoms with E-state index >= 15 is 0 Å². The lowest BCUT2D eigenvalue weighted by Gasteiger charge is -2.14. The van der Waals surface area contributed by atoms with E-state index in [1.165, 1.54) is 0 Å². The second kappa shape index (κ2) is 3.32. The zero-order chi connectivity index (χ0) is 11.1. The molecule has 1 aromatic rings. The fraction of sp³-hybridized carbons (Fsp3) is 0.700. The Balaban J connectivity index is 2.29. The lowest BCUT2D eigenvalue weighted by molar-refractivity contribution is -0.142. The fourth-order valence-electron chi connectivity index (χ4n) is 1.80. The summed E-state index contributed by atoms with van der Waals surface area (Å²) in [7, 11) is 0. The van der Waals surface area contributed by atoms with E-state index in [0.717, 1.165) is 12.2 Å². The minimum atomic E-state index is -0.771. The van der Waals surface area contributed by atoms with E-state index in [9.17, 15) is 4.79 Å². The van der Waals surface area contributed by atoms with Crippen LogP contribution in [0.4, 0.5) is 0 Å². The second-order valence-corrected chi connectivity index (χ2v) is 4.55. The molecule has 5 nitrogen and oxygen atoms in total. The molecule has 82 valence electrons. The van der Waals surface area contributed by atoms with Gasteiger partial charge in [0.25, 0.3) is 0 Å². The first kappa shape index (κ1) is 10.1. The van der Waals surface area contributed by atoms with Gasteiger partial charge in [0, 0.05) is 6.42 Å². The third kappa shape index (κ3) is 1.62. The smallest absolute Gasteiger partial charge is 0.329 e. The molecule has 0 atom stereocenters. The van der Waals surface area contributed by atoms with E-state index in [1.807, 2.05) is 0 Å². The molecule has 0 bridgehead atoms. The number of hydrogen-bond acceptors (Lipinski definition) is 3. The Morgan fingerprint density at radius 1 is 1.67 bits per heavy atom. The Bertz CT molecular complexity index is 380. The van der Waals surface area contributed by atoms with Gasteiger partial charge in [-0.1, -0.05) is 13.8 Å². The van der Waals surface area contributed by atoms with E-state index in [2.05, 4.69) is 24.0 Å². The van der Waals surface area contributed by atoms with E-state index < -0.39 is 11.5 Å². The Kier molecular flexibility index (Phi) is 2.25. The molecule has 1 heterocycles. The van der Waals surface area contributed by atoms with Crippen molar-refractivity contribution in [3.8, 4) is 0 Å². The number of carbonyl (C=O) groups is 1. The van der Waals surface area contributed by atoms with Gasteiger partial charge in [0.05, 0.1) is 0 Å². The highest BCUT2D eigenvalue weighted by Gasteiger charge is 2.53. The van der Waals surface area contributed by atoms with Gasteiger partial charge in [0.1, 0.15) is 17.7 Å². The summed E-state index contributed by atoms with van der Waals surface area (Å²) < 4.78 is 1.73. The molecular formula is C10H15N3O2. The first-order valence-electron chi connectivity index (χ1n) is 5.19. The normalized spacial score (nSPS) is 18.1. The maximum Gasteiger partial charge on any atom is 0.329 e. The summed E-state index contributed by atoms with van der Waals surface area (Å²) in [6.45, 7) is 4.17. The van der Waals surface area contributed by atoms with Crippen LogP contribution in [0.25, 0.3) is 0 Å². The highest BCUT2D eigenvalue weighted by molar-refractivity contribution is 5.80. The molecule has 0 unspecified atom stereocenters. The van der Waals surface area contributed by atoms with Crippen molar-refractivity contribution < 1.29 is 9.90 Å². The lowest BCUT2D eigenvalue weighted by atomic mass is 10.1. The first-order valence-corrected chi connectivity index (χ1v) is 5.19. The Hall–Kier alpha value is -1.39. The zero-order valence-corrected chi connectivity index (χ0v) is 8.97. The Labute approximate surface area is 88.1 Å². The second-order valence-electron chi connectivity index (χ2n) is 4.55. The summed E-state index contributed by atoms with van der Waals surface area (Å²) in [6.07, 6.45) is 3.69. The fourth-order valence-corrected chi connectivity index (χ4v) is 1.80. The SMILES string of the molecule is CC(C)Cc1nncn1C1(C(=O)O)CC1. The van der Waals surface area contributed by atoms with Crippen LogP contribution in [0.2, 0.25) is 0 Å². The molecule has 5 heteroatoms. The molecule has 1 fully saturated rings. The molecule has 1 aliphatic rings. The molecule has 15 heavy (non-hydrogen) atoms. The number of rotatable bonds is 4. The van der Waals surface area contributed by atoms with E-state index in [0.29, 0.717) is 18.8 Å². The van der Waals surface area contributed by atoms with Crippen molar-refractivity contribution in [1.82, 2.24) is 14.8 Å². The average molecular weight is 209 g/mol. The van der Waals surface area contributed by atoms with Crippen LogP contribution in [0.15, 0.2) is 6.33 Å². The van der Waals surface area contributed by atoms with Gasteiger partial charge >= 0.3 is 5.97 Å². The van der Waals surface area contributed by atoms with E-state index in [-0.39, 0.29) is 0 Å². The number of nitrogens with zero attached hydrogens (tertiary/aromatic N) is 3. The summed E-state index contributed by atoms with van der Waals surface area (Å²) in [5, 5.41) is 17.0. The van der Waals surface area contributed by atoms with Gasteiger partial charge in [-0.05, 0) is 18.8 Å². The van der Waals surface area contributed by atoms with Crippen molar-refractivity contribution in [3.63, 3.8) is 0 Å². The van der Waals surface area contributed by atoms with E-state index in [1.54, 1.807) is 10.9 Å². The maximum atomic E-state index is 11.1. The molecule has 0 aromatic carbocycles. The molecule has 1 N–H and O–H groups in total.